The first kappa shape index (κ1) is 17.5. The third kappa shape index (κ3) is 3.37. The molecule has 0 unspecified atom stereocenters. The number of aromatic nitrogens is 2. The Bertz CT molecular complexity index is 1180. The van der Waals surface area contributed by atoms with Crippen LogP contribution in [0.4, 0.5) is 10.7 Å². The van der Waals surface area contributed by atoms with Crippen LogP contribution in [0.1, 0.15) is 6.92 Å². The largest absolute Gasteiger partial charge is 0.450 e. The molecule has 4 aromatic rings. The molecule has 1 amide bonds. The Hall–Kier alpha value is -3.87. The van der Waals surface area contributed by atoms with Crippen LogP contribution in [-0.4, -0.2) is 28.3 Å². The number of fused-ring (bicyclic) bond motifs is 2. The normalized spacial score (nSPS) is 10.8. The molecule has 0 saturated carbocycles. The summed E-state index contributed by atoms with van der Waals surface area (Å²) in [5.74, 6) is 0.675. The molecule has 1 heterocycles. The number of nitrogens with zero attached hydrogens (tertiary/aromatic N) is 2. The Morgan fingerprint density at radius 2 is 1.82 bits per heavy atom. The minimum absolute atomic E-state index is 0.158. The van der Waals surface area contributed by atoms with Gasteiger partial charge in [0.15, 0.2) is 0 Å². The number of hydrogen-bond acceptors (Lipinski definition) is 5. The monoisotopic (exact) mass is 374 g/mol. The first-order valence-electron chi connectivity index (χ1n) is 8.82. The van der Waals surface area contributed by atoms with Gasteiger partial charge < -0.3 is 9.47 Å². The van der Waals surface area contributed by atoms with E-state index in [1.807, 2.05) is 48.5 Å². The Morgan fingerprint density at radius 1 is 1.07 bits per heavy atom. The van der Waals surface area contributed by atoms with Gasteiger partial charge in [0.2, 0.25) is 5.95 Å². The van der Waals surface area contributed by atoms with Gasteiger partial charge in [-0.15, -0.1) is 0 Å². The summed E-state index contributed by atoms with van der Waals surface area (Å²) in [6.45, 7) is 1.95. The molecule has 0 aliphatic rings. The number of hydrogen-bond donors (Lipinski definition) is 2. The van der Waals surface area contributed by atoms with E-state index in [9.17, 15) is 4.79 Å². The molecular weight excluding hydrogens is 356 g/mol. The van der Waals surface area contributed by atoms with Gasteiger partial charge in [0.1, 0.15) is 5.75 Å². The summed E-state index contributed by atoms with van der Waals surface area (Å²) in [6.07, 6.45) is -0.641. The van der Waals surface area contributed by atoms with Crippen LogP contribution in [0, 0.1) is 5.41 Å². The standard InChI is InChI=1S/C21H18N4O3/c1-2-27-21(26)24-20-23-17-9-5-6-10-18(17)25(20)19(22)28-16-12-11-14-7-3-4-8-15(14)13-16/h3-13,22H,2H2,1H3,(H,23,24,26). The fourth-order valence-corrected chi connectivity index (χ4v) is 2.96. The highest BCUT2D eigenvalue weighted by atomic mass is 16.5. The lowest BCUT2D eigenvalue weighted by Crippen LogP contribution is -2.23. The van der Waals surface area contributed by atoms with Gasteiger partial charge in [0, 0.05) is 0 Å². The molecule has 1 aromatic heterocycles. The van der Waals surface area contributed by atoms with E-state index in [0.717, 1.165) is 10.8 Å². The van der Waals surface area contributed by atoms with Crippen LogP contribution >= 0.6 is 0 Å². The summed E-state index contributed by atoms with van der Waals surface area (Å²) < 4.78 is 12.1. The van der Waals surface area contributed by atoms with E-state index < -0.39 is 6.09 Å². The zero-order valence-corrected chi connectivity index (χ0v) is 15.2. The Labute approximate surface area is 161 Å². The van der Waals surface area contributed by atoms with Crippen molar-refractivity contribution >= 4 is 39.9 Å². The van der Waals surface area contributed by atoms with Gasteiger partial charge in [-0.1, -0.05) is 42.5 Å². The number of carbonyl (C=O) groups excluding carboxylic acids is 1. The molecule has 0 fully saturated rings. The van der Waals surface area contributed by atoms with E-state index in [1.54, 1.807) is 25.1 Å². The smallest absolute Gasteiger partial charge is 0.413 e. The Morgan fingerprint density at radius 3 is 2.64 bits per heavy atom. The van der Waals surface area contributed by atoms with Crippen molar-refractivity contribution in [2.45, 2.75) is 6.92 Å². The Balaban J connectivity index is 1.69. The van der Waals surface area contributed by atoms with E-state index in [2.05, 4.69) is 10.3 Å². The number of amides is 1. The number of nitrogens with one attached hydrogen (secondary N) is 2. The van der Waals surface area contributed by atoms with Gasteiger partial charge >= 0.3 is 12.1 Å². The number of benzene rings is 3. The van der Waals surface area contributed by atoms with Crippen molar-refractivity contribution in [3.05, 3.63) is 66.7 Å². The zero-order chi connectivity index (χ0) is 19.5. The predicted octanol–water partition coefficient (Wildman–Crippen LogP) is 4.62. The molecule has 2 N–H and O–H groups in total. The molecule has 0 atom stereocenters. The second-order valence-corrected chi connectivity index (χ2v) is 6.02. The molecule has 28 heavy (non-hydrogen) atoms. The maximum Gasteiger partial charge on any atom is 0.413 e. The van der Waals surface area contributed by atoms with Crippen molar-refractivity contribution in [1.29, 1.82) is 5.41 Å². The number of anilines is 1. The molecule has 7 heteroatoms. The van der Waals surface area contributed by atoms with Crippen LogP contribution < -0.4 is 10.1 Å². The molecule has 140 valence electrons. The second kappa shape index (κ2) is 7.40. The molecule has 3 aromatic carbocycles. The highest BCUT2D eigenvalue weighted by Crippen LogP contribution is 2.23. The number of carbonyl (C=O) groups is 1. The van der Waals surface area contributed by atoms with Crippen LogP contribution in [0.5, 0.6) is 5.75 Å². The van der Waals surface area contributed by atoms with E-state index in [4.69, 9.17) is 14.9 Å². The number of rotatable bonds is 3. The summed E-state index contributed by atoms with van der Waals surface area (Å²) in [6, 6.07) is 20.6. The van der Waals surface area contributed by atoms with Gasteiger partial charge in [0.25, 0.3) is 0 Å². The van der Waals surface area contributed by atoms with Crippen LogP contribution in [0.25, 0.3) is 21.8 Å². The first-order valence-corrected chi connectivity index (χ1v) is 8.82. The van der Waals surface area contributed by atoms with Gasteiger partial charge in [-0.2, -0.15) is 0 Å². The lowest BCUT2D eigenvalue weighted by atomic mass is 10.1. The van der Waals surface area contributed by atoms with Crippen LogP contribution in [-0.2, 0) is 4.74 Å². The van der Waals surface area contributed by atoms with Gasteiger partial charge in [0.05, 0.1) is 17.6 Å². The van der Waals surface area contributed by atoms with Gasteiger partial charge in [-0.05, 0) is 42.0 Å². The van der Waals surface area contributed by atoms with Crippen LogP contribution in [0.2, 0.25) is 0 Å². The SMILES string of the molecule is CCOC(=O)Nc1nc2ccccc2n1C(=N)Oc1ccc2ccccc2c1. The third-order valence-electron chi connectivity index (χ3n) is 4.19. The maximum atomic E-state index is 11.9. The predicted molar refractivity (Wildman–Crippen MR) is 108 cm³/mol. The van der Waals surface area contributed by atoms with E-state index in [-0.39, 0.29) is 18.6 Å². The summed E-state index contributed by atoms with van der Waals surface area (Å²) in [7, 11) is 0. The number of ether oxygens (including phenoxy) is 2. The number of imidazole rings is 1. The molecule has 4 rings (SSSR count). The molecule has 0 aliphatic carbocycles. The fourth-order valence-electron chi connectivity index (χ4n) is 2.96. The molecule has 0 spiro atoms. The van der Waals surface area contributed by atoms with Gasteiger partial charge in [-0.25, -0.2) is 14.3 Å². The van der Waals surface area contributed by atoms with Crippen LogP contribution in [0.3, 0.4) is 0 Å². The lowest BCUT2D eigenvalue weighted by molar-refractivity contribution is 0.167. The third-order valence-corrected chi connectivity index (χ3v) is 4.19. The molecule has 0 radical (unpaired) electrons. The molecule has 7 nitrogen and oxygen atoms in total. The molecule has 0 bridgehead atoms. The summed E-state index contributed by atoms with van der Waals surface area (Å²) in [4.78, 5) is 16.2. The summed E-state index contributed by atoms with van der Waals surface area (Å²) in [5.41, 5.74) is 1.27. The average Bonchev–Trinajstić information content (AvgIpc) is 3.05. The molecule has 0 saturated heterocycles. The quantitative estimate of drug-likeness (QED) is 0.404. The van der Waals surface area contributed by atoms with Crippen molar-refractivity contribution in [1.82, 2.24) is 9.55 Å². The highest BCUT2D eigenvalue weighted by Gasteiger charge is 2.18. The minimum Gasteiger partial charge on any atom is -0.450 e. The van der Waals surface area contributed by atoms with E-state index in [0.29, 0.717) is 16.8 Å². The Kier molecular flexibility index (Phi) is 4.63. The van der Waals surface area contributed by atoms with Gasteiger partial charge in [-0.3, -0.25) is 10.7 Å². The minimum atomic E-state index is -0.641. The second-order valence-electron chi connectivity index (χ2n) is 6.02. The number of para-hydroxylation sites is 2. The fraction of sp³-hybridized carbons (Fsp3) is 0.0952. The van der Waals surface area contributed by atoms with Crippen LogP contribution in [0.15, 0.2) is 66.7 Å². The molecular formula is C21H18N4O3. The first-order chi connectivity index (χ1) is 13.7. The highest BCUT2D eigenvalue weighted by molar-refractivity contribution is 5.96. The lowest BCUT2D eigenvalue weighted by Gasteiger charge is -2.12. The molecule has 0 aliphatic heterocycles. The van der Waals surface area contributed by atoms with Crippen molar-refractivity contribution in [2.75, 3.05) is 11.9 Å². The topological polar surface area (TPSA) is 89.2 Å². The van der Waals surface area contributed by atoms with E-state index >= 15 is 0 Å². The van der Waals surface area contributed by atoms with Crippen molar-refractivity contribution in [3.8, 4) is 5.75 Å². The zero-order valence-electron chi connectivity index (χ0n) is 15.2. The van der Waals surface area contributed by atoms with Crippen molar-refractivity contribution in [2.24, 2.45) is 0 Å². The van der Waals surface area contributed by atoms with Crippen molar-refractivity contribution < 1.29 is 14.3 Å². The van der Waals surface area contributed by atoms with E-state index in [1.165, 1.54) is 4.57 Å². The maximum absolute atomic E-state index is 11.9. The summed E-state index contributed by atoms with van der Waals surface area (Å²) in [5, 5.41) is 13.1. The average molecular weight is 374 g/mol. The van der Waals surface area contributed by atoms with Crippen molar-refractivity contribution in [3.63, 3.8) is 0 Å². The summed E-state index contributed by atoms with van der Waals surface area (Å²) >= 11 is 0.